The van der Waals surface area contributed by atoms with E-state index in [2.05, 4.69) is 60.8 Å². The maximum Gasteiger partial charge on any atom is 0.0413 e. The predicted molar refractivity (Wildman–Crippen MR) is 106 cm³/mol. The molecule has 2 heteroatoms. The lowest BCUT2D eigenvalue weighted by Crippen LogP contribution is -2.45. The molecule has 0 amide bonds. The summed E-state index contributed by atoms with van der Waals surface area (Å²) in [6.45, 7) is 2.12. The van der Waals surface area contributed by atoms with E-state index >= 15 is 0 Å². The van der Waals surface area contributed by atoms with Crippen LogP contribution in [0.25, 0.3) is 6.08 Å². The highest BCUT2D eigenvalue weighted by Gasteiger charge is 2.27. The second-order valence-electron chi connectivity index (χ2n) is 7.53. The van der Waals surface area contributed by atoms with Gasteiger partial charge in [-0.15, -0.1) is 0 Å². The molecule has 2 unspecified atom stereocenters. The molecule has 2 nitrogen and oxygen atoms in total. The Morgan fingerprint density at radius 1 is 1.08 bits per heavy atom. The van der Waals surface area contributed by atoms with E-state index in [1.165, 1.54) is 33.5 Å². The fourth-order valence-electron chi connectivity index (χ4n) is 4.25. The molecule has 0 aromatic heterocycles. The lowest BCUT2D eigenvalue weighted by molar-refractivity contribution is 0.434. The summed E-state index contributed by atoms with van der Waals surface area (Å²) >= 11 is 0. The molecule has 3 aliphatic rings. The monoisotopic (exact) mass is 332 g/mol. The zero-order valence-electron chi connectivity index (χ0n) is 15.1. The molecule has 1 heterocycles. The summed E-state index contributed by atoms with van der Waals surface area (Å²) in [6.07, 6.45) is 16.0. The first-order valence-electron chi connectivity index (χ1n) is 9.62. The minimum absolute atomic E-state index is 0.178. The fourth-order valence-corrected chi connectivity index (χ4v) is 4.25. The first-order valence-corrected chi connectivity index (χ1v) is 9.62. The van der Waals surface area contributed by atoms with Crippen LogP contribution in [0, 0.1) is 0 Å². The minimum atomic E-state index is 0.178. The van der Waals surface area contributed by atoms with Gasteiger partial charge in [-0.3, -0.25) is 0 Å². The predicted octanol–water partition coefficient (Wildman–Crippen LogP) is 4.65. The van der Waals surface area contributed by atoms with Crippen molar-refractivity contribution in [2.45, 2.75) is 57.5 Å². The maximum atomic E-state index is 6.21. The van der Waals surface area contributed by atoms with Gasteiger partial charge in [0.2, 0.25) is 0 Å². The molecule has 130 valence electrons. The van der Waals surface area contributed by atoms with Crippen LogP contribution in [0.1, 0.15) is 50.2 Å². The number of nitrogens with one attached hydrogen (secondary N) is 1. The molecule has 1 aromatic rings. The van der Waals surface area contributed by atoms with E-state index in [1.54, 1.807) is 0 Å². The van der Waals surface area contributed by atoms with Gasteiger partial charge in [0.05, 0.1) is 0 Å². The number of rotatable bonds is 3. The molecule has 25 heavy (non-hydrogen) atoms. The maximum absolute atomic E-state index is 6.21. The number of nitrogens with two attached hydrogens (primary N) is 1. The van der Waals surface area contributed by atoms with Crippen LogP contribution in [0.5, 0.6) is 0 Å². The Morgan fingerprint density at radius 2 is 1.96 bits per heavy atom. The summed E-state index contributed by atoms with van der Waals surface area (Å²) in [4.78, 5) is 0. The Hall–Kier alpha value is -2.06. The Bertz CT molecular complexity index is 777. The highest BCUT2D eigenvalue weighted by atomic mass is 15.0. The molecule has 2 aliphatic carbocycles. The van der Waals surface area contributed by atoms with Crippen molar-refractivity contribution in [3.63, 3.8) is 0 Å². The lowest BCUT2D eigenvalue weighted by Gasteiger charge is -2.35. The quantitative estimate of drug-likeness (QED) is 0.846. The SMILES string of the molecule is CC(N)C1CCC(C2=Cc3ccccc3CC2)=C(C2=CC=CCC2)N1. The molecule has 3 N–H and O–H groups in total. The number of fused-ring (bicyclic) bond motifs is 1. The molecule has 0 fully saturated rings. The second kappa shape index (κ2) is 7.05. The van der Waals surface area contributed by atoms with E-state index in [9.17, 15) is 0 Å². The molecular weight excluding hydrogens is 304 g/mol. The Morgan fingerprint density at radius 3 is 2.76 bits per heavy atom. The Kier molecular flexibility index (Phi) is 4.63. The van der Waals surface area contributed by atoms with Crippen LogP contribution in [-0.2, 0) is 6.42 Å². The average Bonchev–Trinajstić information content (AvgIpc) is 2.68. The normalized spacial score (nSPS) is 24.2. The molecule has 0 saturated heterocycles. The van der Waals surface area contributed by atoms with Crippen molar-refractivity contribution in [3.05, 3.63) is 76.0 Å². The molecule has 2 atom stereocenters. The molecule has 4 rings (SSSR count). The van der Waals surface area contributed by atoms with Gasteiger partial charge in [-0.25, -0.2) is 0 Å². The van der Waals surface area contributed by atoms with E-state index < -0.39 is 0 Å². The molecular formula is C23H28N2. The van der Waals surface area contributed by atoms with Gasteiger partial charge >= 0.3 is 0 Å². The van der Waals surface area contributed by atoms with Crippen LogP contribution in [0.3, 0.4) is 0 Å². The van der Waals surface area contributed by atoms with Gasteiger partial charge in [-0.1, -0.05) is 48.6 Å². The van der Waals surface area contributed by atoms with Crippen molar-refractivity contribution in [1.82, 2.24) is 5.32 Å². The third-order valence-electron chi connectivity index (χ3n) is 5.74. The van der Waals surface area contributed by atoms with Gasteiger partial charge in [-0.2, -0.15) is 0 Å². The third kappa shape index (κ3) is 3.36. The standard InChI is InChI=1S/C23H28N2/c1-16(24)22-14-13-21(23(25-22)18-8-3-2-4-9-18)20-12-11-17-7-5-6-10-19(17)15-20/h2-3,5-8,10,15-16,22,25H,4,9,11-14,24H2,1H3. The van der Waals surface area contributed by atoms with Crippen LogP contribution in [0.4, 0.5) is 0 Å². The molecule has 0 saturated carbocycles. The number of allylic oxidation sites excluding steroid dienone is 6. The van der Waals surface area contributed by atoms with Crippen molar-refractivity contribution >= 4 is 6.08 Å². The summed E-state index contributed by atoms with van der Waals surface area (Å²) in [5, 5.41) is 3.81. The number of aryl methyl sites for hydroxylation is 1. The number of hydrogen-bond donors (Lipinski definition) is 2. The second-order valence-corrected chi connectivity index (χ2v) is 7.53. The van der Waals surface area contributed by atoms with E-state index in [0.717, 1.165) is 38.5 Å². The van der Waals surface area contributed by atoms with Crippen LogP contribution < -0.4 is 11.1 Å². The molecule has 1 aromatic carbocycles. The van der Waals surface area contributed by atoms with E-state index in [1.807, 2.05) is 0 Å². The average molecular weight is 332 g/mol. The molecule has 0 spiro atoms. The van der Waals surface area contributed by atoms with Crippen molar-refractivity contribution in [1.29, 1.82) is 0 Å². The van der Waals surface area contributed by atoms with Gasteiger partial charge in [0.15, 0.2) is 0 Å². The van der Waals surface area contributed by atoms with Crippen LogP contribution >= 0.6 is 0 Å². The van der Waals surface area contributed by atoms with Gasteiger partial charge < -0.3 is 11.1 Å². The summed E-state index contributed by atoms with van der Waals surface area (Å²) < 4.78 is 0. The van der Waals surface area contributed by atoms with Crippen molar-refractivity contribution in [2.24, 2.45) is 5.73 Å². The van der Waals surface area contributed by atoms with Crippen LogP contribution in [0.2, 0.25) is 0 Å². The van der Waals surface area contributed by atoms with Gasteiger partial charge in [0, 0.05) is 17.8 Å². The molecule has 1 aliphatic heterocycles. The van der Waals surface area contributed by atoms with Crippen LogP contribution in [0.15, 0.2) is 64.9 Å². The molecule has 0 radical (unpaired) electrons. The smallest absolute Gasteiger partial charge is 0.0413 e. The Labute approximate surface area is 151 Å². The lowest BCUT2D eigenvalue weighted by atomic mass is 9.81. The topological polar surface area (TPSA) is 38.0 Å². The summed E-state index contributed by atoms with van der Waals surface area (Å²) in [6, 6.07) is 9.36. The van der Waals surface area contributed by atoms with Crippen molar-refractivity contribution in [3.8, 4) is 0 Å². The Balaban J connectivity index is 1.75. The van der Waals surface area contributed by atoms with E-state index in [4.69, 9.17) is 5.73 Å². The summed E-state index contributed by atoms with van der Waals surface area (Å²) in [5.41, 5.74) is 14.9. The largest absolute Gasteiger partial charge is 0.380 e. The molecule has 0 bridgehead atoms. The van der Waals surface area contributed by atoms with Crippen molar-refractivity contribution < 1.29 is 0 Å². The van der Waals surface area contributed by atoms with Crippen LogP contribution in [-0.4, -0.2) is 12.1 Å². The summed E-state index contributed by atoms with van der Waals surface area (Å²) in [5.74, 6) is 0. The van der Waals surface area contributed by atoms with Gasteiger partial charge in [0.1, 0.15) is 0 Å². The number of hydrogen-bond acceptors (Lipinski definition) is 2. The van der Waals surface area contributed by atoms with E-state index in [-0.39, 0.29) is 6.04 Å². The minimum Gasteiger partial charge on any atom is -0.380 e. The zero-order valence-corrected chi connectivity index (χ0v) is 15.1. The zero-order chi connectivity index (χ0) is 17.2. The highest BCUT2D eigenvalue weighted by molar-refractivity contribution is 5.66. The van der Waals surface area contributed by atoms with Gasteiger partial charge in [0.25, 0.3) is 0 Å². The highest BCUT2D eigenvalue weighted by Crippen LogP contribution is 2.37. The third-order valence-corrected chi connectivity index (χ3v) is 5.74. The van der Waals surface area contributed by atoms with Crippen molar-refractivity contribution in [2.75, 3.05) is 0 Å². The van der Waals surface area contributed by atoms with Gasteiger partial charge in [-0.05, 0) is 73.3 Å². The summed E-state index contributed by atoms with van der Waals surface area (Å²) in [7, 11) is 0. The first kappa shape index (κ1) is 16.4. The number of benzene rings is 1. The fraction of sp³-hybridized carbons (Fsp3) is 0.391. The first-order chi connectivity index (χ1) is 12.2. The van der Waals surface area contributed by atoms with E-state index in [0.29, 0.717) is 6.04 Å².